The number of thioether (sulfide) groups is 1. The lowest BCUT2D eigenvalue weighted by molar-refractivity contribution is -0.113. The smallest absolute Gasteiger partial charge is 0.273 e. The van der Waals surface area contributed by atoms with E-state index in [1.807, 2.05) is 6.92 Å². The zero-order valence-corrected chi connectivity index (χ0v) is 18.2. The lowest BCUT2D eigenvalue weighted by Gasteiger charge is -2.11. The molecule has 1 amide bonds. The maximum Gasteiger partial charge on any atom is 0.273 e. The van der Waals surface area contributed by atoms with E-state index in [4.69, 9.17) is 11.6 Å². The molecule has 152 valence electrons. The molecule has 0 unspecified atom stereocenters. The molecule has 0 radical (unpaired) electrons. The molecule has 0 aliphatic carbocycles. The van der Waals surface area contributed by atoms with Gasteiger partial charge in [0.2, 0.25) is 5.91 Å². The van der Waals surface area contributed by atoms with Crippen LogP contribution in [0.2, 0.25) is 5.02 Å². The van der Waals surface area contributed by atoms with Crippen LogP contribution in [0.5, 0.6) is 0 Å². The van der Waals surface area contributed by atoms with Crippen molar-refractivity contribution in [1.82, 2.24) is 14.5 Å². The number of halogens is 1. The molecule has 1 aliphatic heterocycles. The van der Waals surface area contributed by atoms with Gasteiger partial charge in [0, 0.05) is 30.3 Å². The summed E-state index contributed by atoms with van der Waals surface area (Å²) < 4.78 is 2.17. The second-order valence-corrected chi connectivity index (χ2v) is 8.99. The summed E-state index contributed by atoms with van der Waals surface area (Å²) in [5.41, 5.74) is 0.997. The van der Waals surface area contributed by atoms with Crippen molar-refractivity contribution in [2.45, 2.75) is 31.5 Å². The van der Waals surface area contributed by atoms with Gasteiger partial charge in [-0.25, -0.2) is 4.98 Å². The Morgan fingerprint density at radius 1 is 1.31 bits per heavy atom. The van der Waals surface area contributed by atoms with Crippen LogP contribution in [0, 0.1) is 0 Å². The van der Waals surface area contributed by atoms with E-state index < -0.39 is 0 Å². The third-order valence-corrected chi connectivity index (χ3v) is 6.91. The topological polar surface area (TPSA) is 80.1 Å². The average molecular weight is 450 g/mol. The molecule has 1 aromatic carbocycles. The molecular formula is C19H20ClN5O2S2. The van der Waals surface area contributed by atoms with E-state index in [-0.39, 0.29) is 17.2 Å². The Balaban J connectivity index is 1.54. The van der Waals surface area contributed by atoms with Gasteiger partial charge in [0.25, 0.3) is 5.56 Å². The molecule has 1 aliphatic rings. The molecule has 1 fully saturated rings. The van der Waals surface area contributed by atoms with Gasteiger partial charge < -0.3 is 10.2 Å². The molecule has 0 atom stereocenters. The van der Waals surface area contributed by atoms with Crippen LogP contribution in [0.1, 0.15) is 19.8 Å². The number of rotatable bonds is 6. The number of carbonyl (C=O) groups excluding carboxylic acids is 1. The highest BCUT2D eigenvalue weighted by molar-refractivity contribution is 7.99. The number of thiazole rings is 1. The summed E-state index contributed by atoms with van der Waals surface area (Å²) in [6, 6.07) is 6.98. The number of benzene rings is 1. The summed E-state index contributed by atoms with van der Waals surface area (Å²) in [6.07, 6.45) is 2.29. The van der Waals surface area contributed by atoms with E-state index in [0.29, 0.717) is 32.8 Å². The van der Waals surface area contributed by atoms with Gasteiger partial charge in [0.15, 0.2) is 15.9 Å². The molecule has 1 saturated heterocycles. The Morgan fingerprint density at radius 2 is 2.10 bits per heavy atom. The molecular weight excluding hydrogens is 430 g/mol. The molecule has 2 aromatic heterocycles. The van der Waals surface area contributed by atoms with Crippen molar-refractivity contribution in [2.24, 2.45) is 0 Å². The number of hydrogen-bond donors (Lipinski definition) is 1. The van der Waals surface area contributed by atoms with Crippen LogP contribution >= 0.6 is 34.7 Å². The summed E-state index contributed by atoms with van der Waals surface area (Å²) in [4.78, 5) is 36.6. The highest BCUT2D eigenvalue weighted by Crippen LogP contribution is 2.29. The van der Waals surface area contributed by atoms with Gasteiger partial charge in [-0.15, -0.1) is 0 Å². The number of fused-ring (bicyclic) bond motifs is 1. The first-order valence-electron chi connectivity index (χ1n) is 9.39. The van der Waals surface area contributed by atoms with E-state index in [9.17, 15) is 9.59 Å². The Hall–Kier alpha value is -2.10. The fourth-order valence-electron chi connectivity index (χ4n) is 3.20. The quantitative estimate of drug-likeness (QED) is 0.454. The lowest BCUT2D eigenvalue weighted by Crippen LogP contribution is -2.23. The first kappa shape index (κ1) is 20.2. The van der Waals surface area contributed by atoms with Gasteiger partial charge in [-0.2, -0.15) is 4.98 Å². The molecule has 3 aromatic rings. The zero-order chi connectivity index (χ0) is 20.4. The Bertz CT molecular complexity index is 1110. The molecule has 0 saturated carbocycles. The van der Waals surface area contributed by atoms with Crippen LogP contribution in [0.15, 0.2) is 34.2 Å². The SMILES string of the molecule is CCn1c(SCC(=O)Nc2cccc(Cl)c2)nc2nc(N3CCCC3)sc2c1=O. The maximum absolute atomic E-state index is 12.9. The van der Waals surface area contributed by atoms with Gasteiger partial charge in [-0.3, -0.25) is 14.2 Å². The third kappa shape index (κ3) is 4.41. The summed E-state index contributed by atoms with van der Waals surface area (Å²) in [6.45, 7) is 4.31. The normalized spacial score (nSPS) is 13.9. The molecule has 10 heteroatoms. The van der Waals surface area contributed by atoms with Crippen molar-refractivity contribution in [3.63, 3.8) is 0 Å². The first-order chi connectivity index (χ1) is 14.0. The van der Waals surface area contributed by atoms with E-state index in [0.717, 1.165) is 31.1 Å². The molecule has 29 heavy (non-hydrogen) atoms. The minimum atomic E-state index is -0.190. The second-order valence-electron chi connectivity index (χ2n) is 6.63. The first-order valence-corrected chi connectivity index (χ1v) is 11.6. The van der Waals surface area contributed by atoms with Crippen LogP contribution in [-0.2, 0) is 11.3 Å². The monoisotopic (exact) mass is 449 g/mol. The predicted molar refractivity (Wildman–Crippen MR) is 120 cm³/mol. The van der Waals surface area contributed by atoms with E-state index >= 15 is 0 Å². The van der Waals surface area contributed by atoms with Gasteiger partial charge in [-0.1, -0.05) is 40.8 Å². The zero-order valence-electron chi connectivity index (χ0n) is 15.9. The van der Waals surface area contributed by atoms with E-state index in [1.54, 1.807) is 28.8 Å². The molecule has 1 N–H and O–H groups in total. The van der Waals surface area contributed by atoms with Gasteiger partial charge in [-0.05, 0) is 38.0 Å². The maximum atomic E-state index is 12.9. The number of amides is 1. The summed E-state index contributed by atoms with van der Waals surface area (Å²) in [5, 5.41) is 4.72. The summed E-state index contributed by atoms with van der Waals surface area (Å²) in [7, 11) is 0. The van der Waals surface area contributed by atoms with E-state index in [1.165, 1.54) is 23.1 Å². The van der Waals surface area contributed by atoms with Gasteiger partial charge in [0.1, 0.15) is 4.70 Å². The molecule has 7 nitrogen and oxygen atoms in total. The van der Waals surface area contributed by atoms with Crippen molar-refractivity contribution in [1.29, 1.82) is 0 Å². The summed E-state index contributed by atoms with van der Waals surface area (Å²) >= 11 is 8.59. The minimum Gasteiger partial charge on any atom is -0.348 e. The fraction of sp³-hybridized carbons (Fsp3) is 0.368. The van der Waals surface area contributed by atoms with Crippen LogP contribution in [0.3, 0.4) is 0 Å². The largest absolute Gasteiger partial charge is 0.348 e. The highest BCUT2D eigenvalue weighted by Gasteiger charge is 2.20. The van der Waals surface area contributed by atoms with Crippen LogP contribution in [0.4, 0.5) is 10.8 Å². The Labute approximate surface area is 181 Å². The van der Waals surface area contributed by atoms with Crippen molar-refractivity contribution in [3.8, 4) is 0 Å². The van der Waals surface area contributed by atoms with Gasteiger partial charge >= 0.3 is 0 Å². The van der Waals surface area contributed by atoms with Crippen molar-refractivity contribution in [3.05, 3.63) is 39.6 Å². The standard InChI is InChI=1S/C19H20ClN5O2S2/c1-2-25-17(27)15-16(22-18(29-15)24-8-3-4-9-24)23-19(25)28-11-14(26)21-13-7-5-6-12(20)10-13/h5-7,10H,2-4,8-9,11H2,1H3,(H,21,26). The molecule has 4 rings (SSSR count). The number of aromatic nitrogens is 3. The van der Waals surface area contributed by atoms with Crippen molar-refractivity contribution in [2.75, 3.05) is 29.1 Å². The van der Waals surface area contributed by atoms with Crippen molar-refractivity contribution >= 4 is 61.8 Å². The number of anilines is 2. The number of nitrogens with one attached hydrogen (secondary N) is 1. The van der Waals surface area contributed by atoms with E-state index in [2.05, 4.69) is 20.2 Å². The average Bonchev–Trinajstić information content (AvgIpc) is 3.36. The van der Waals surface area contributed by atoms with Gasteiger partial charge in [0.05, 0.1) is 5.75 Å². The Kier molecular flexibility index (Phi) is 6.07. The molecule has 0 spiro atoms. The minimum absolute atomic E-state index is 0.0989. The fourth-order valence-corrected chi connectivity index (χ4v) is 5.25. The number of hydrogen-bond acceptors (Lipinski definition) is 7. The summed E-state index contributed by atoms with van der Waals surface area (Å²) in [5.74, 6) is -0.0570. The highest BCUT2D eigenvalue weighted by atomic mass is 35.5. The second kappa shape index (κ2) is 8.73. The number of nitrogens with zero attached hydrogens (tertiary/aromatic N) is 4. The molecule has 3 heterocycles. The van der Waals surface area contributed by atoms with Crippen molar-refractivity contribution < 1.29 is 4.79 Å². The third-order valence-electron chi connectivity index (χ3n) is 4.60. The lowest BCUT2D eigenvalue weighted by atomic mass is 10.3. The Morgan fingerprint density at radius 3 is 2.83 bits per heavy atom. The van der Waals surface area contributed by atoms with Crippen LogP contribution in [-0.4, -0.2) is 39.3 Å². The van der Waals surface area contributed by atoms with Crippen LogP contribution < -0.4 is 15.8 Å². The molecule has 0 bridgehead atoms. The predicted octanol–water partition coefficient (Wildman–Crippen LogP) is 3.86. The number of carbonyl (C=O) groups is 1. The van der Waals surface area contributed by atoms with Crippen LogP contribution in [0.25, 0.3) is 10.3 Å².